The van der Waals surface area contributed by atoms with Gasteiger partial charge in [-0.3, -0.25) is 0 Å². The molecule has 2 aromatic rings. The SMILES string of the molecule is COc1ccc(OC)c(C(O)CNC(=O)NC(CC(C)(C)C)c2ccccc2)c1. The van der Waals surface area contributed by atoms with E-state index in [1.807, 2.05) is 30.3 Å². The van der Waals surface area contributed by atoms with E-state index in [1.54, 1.807) is 25.3 Å². The fourth-order valence-electron chi connectivity index (χ4n) is 3.16. The van der Waals surface area contributed by atoms with E-state index in [-0.39, 0.29) is 24.0 Å². The van der Waals surface area contributed by atoms with E-state index in [9.17, 15) is 9.90 Å². The van der Waals surface area contributed by atoms with E-state index in [4.69, 9.17) is 9.47 Å². The molecule has 0 aliphatic heterocycles. The van der Waals surface area contributed by atoms with Crippen molar-refractivity contribution in [1.82, 2.24) is 10.6 Å². The van der Waals surface area contributed by atoms with Crippen LogP contribution in [0.3, 0.4) is 0 Å². The molecule has 0 aromatic heterocycles. The van der Waals surface area contributed by atoms with E-state index in [0.717, 1.165) is 12.0 Å². The number of methoxy groups -OCH3 is 2. The standard InChI is InChI=1S/C23H32N2O4/c1-23(2,3)14-19(16-9-7-6-8-10-16)25-22(27)24-15-20(26)18-13-17(28-4)11-12-21(18)29-5/h6-13,19-20,26H,14-15H2,1-5H3,(H2,24,25,27). The fraction of sp³-hybridized carbons (Fsp3) is 0.435. The Morgan fingerprint density at radius 3 is 2.34 bits per heavy atom. The summed E-state index contributed by atoms with van der Waals surface area (Å²) in [6, 6.07) is 14.6. The summed E-state index contributed by atoms with van der Waals surface area (Å²) >= 11 is 0. The van der Waals surface area contributed by atoms with Crippen molar-refractivity contribution in [1.29, 1.82) is 0 Å². The second-order valence-electron chi connectivity index (χ2n) is 8.21. The minimum atomic E-state index is -0.927. The Bertz CT molecular complexity index is 787. The Kier molecular flexibility index (Phi) is 7.91. The number of urea groups is 1. The van der Waals surface area contributed by atoms with Gasteiger partial charge in [0.2, 0.25) is 0 Å². The van der Waals surface area contributed by atoms with Gasteiger partial charge in [-0.15, -0.1) is 0 Å². The number of aliphatic hydroxyl groups is 1. The van der Waals surface area contributed by atoms with Crippen LogP contribution in [0, 0.1) is 5.41 Å². The summed E-state index contributed by atoms with van der Waals surface area (Å²) in [6.45, 7) is 6.47. The van der Waals surface area contributed by atoms with Crippen molar-refractivity contribution < 1.29 is 19.4 Å². The van der Waals surface area contributed by atoms with Gasteiger partial charge in [-0.2, -0.15) is 0 Å². The third-order valence-corrected chi connectivity index (χ3v) is 4.58. The van der Waals surface area contributed by atoms with Crippen molar-refractivity contribution in [3.05, 3.63) is 59.7 Å². The van der Waals surface area contributed by atoms with Gasteiger partial charge in [-0.25, -0.2) is 4.79 Å². The molecule has 2 atom stereocenters. The largest absolute Gasteiger partial charge is 0.497 e. The summed E-state index contributed by atoms with van der Waals surface area (Å²) in [7, 11) is 3.09. The van der Waals surface area contributed by atoms with E-state index in [0.29, 0.717) is 17.1 Å². The van der Waals surface area contributed by atoms with Crippen molar-refractivity contribution in [3.8, 4) is 11.5 Å². The zero-order valence-corrected chi connectivity index (χ0v) is 17.9. The quantitative estimate of drug-likeness (QED) is 0.620. The maximum absolute atomic E-state index is 12.5. The first kappa shape index (κ1) is 22.6. The van der Waals surface area contributed by atoms with Crippen LogP contribution in [0.1, 0.15) is 50.5 Å². The molecule has 3 N–H and O–H groups in total. The van der Waals surface area contributed by atoms with Crippen LogP contribution in [0.25, 0.3) is 0 Å². The Hall–Kier alpha value is -2.73. The van der Waals surface area contributed by atoms with Crippen molar-refractivity contribution in [2.75, 3.05) is 20.8 Å². The molecule has 6 nitrogen and oxygen atoms in total. The molecule has 2 rings (SSSR count). The number of carbonyl (C=O) groups excluding carboxylic acids is 1. The van der Waals surface area contributed by atoms with E-state index < -0.39 is 6.10 Å². The number of ether oxygens (including phenoxy) is 2. The number of benzene rings is 2. The van der Waals surface area contributed by atoms with Gasteiger partial charge in [-0.1, -0.05) is 51.1 Å². The predicted molar refractivity (Wildman–Crippen MR) is 114 cm³/mol. The Labute approximate surface area is 173 Å². The average molecular weight is 401 g/mol. The first-order valence-electron chi connectivity index (χ1n) is 9.73. The van der Waals surface area contributed by atoms with Crippen LogP contribution >= 0.6 is 0 Å². The maximum atomic E-state index is 12.5. The molecule has 0 saturated heterocycles. The number of amides is 2. The van der Waals surface area contributed by atoms with E-state index in [1.165, 1.54) is 7.11 Å². The molecule has 6 heteroatoms. The molecule has 0 saturated carbocycles. The minimum Gasteiger partial charge on any atom is -0.497 e. The molecule has 2 unspecified atom stereocenters. The summed E-state index contributed by atoms with van der Waals surface area (Å²) in [4.78, 5) is 12.5. The zero-order valence-electron chi connectivity index (χ0n) is 17.9. The number of carbonyl (C=O) groups is 1. The number of nitrogens with one attached hydrogen (secondary N) is 2. The molecule has 158 valence electrons. The monoisotopic (exact) mass is 400 g/mol. The number of aliphatic hydroxyl groups excluding tert-OH is 1. The average Bonchev–Trinajstić information content (AvgIpc) is 2.70. The second-order valence-corrected chi connectivity index (χ2v) is 8.21. The van der Waals surface area contributed by atoms with Crippen LogP contribution in [0.2, 0.25) is 0 Å². The fourth-order valence-corrected chi connectivity index (χ4v) is 3.16. The van der Waals surface area contributed by atoms with Crippen molar-refractivity contribution >= 4 is 6.03 Å². The topological polar surface area (TPSA) is 79.8 Å². The third kappa shape index (κ3) is 6.98. The molecule has 2 aromatic carbocycles. The van der Waals surface area contributed by atoms with Crippen LogP contribution in [0.4, 0.5) is 4.79 Å². The molecule has 29 heavy (non-hydrogen) atoms. The smallest absolute Gasteiger partial charge is 0.315 e. The molecule has 0 fully saturated rings. The lowest BCUT2D eigenvalue weighted by molar-refractivity contribution is 0.167. The molecule has 0 heterocycles. The van der Waals surface area contributed by atoms with E-state index >= 15 is 0 Å². The molecule has 0 aliphatic rings. The first-order valence-corrected chi connectivity index (χ1v) is 9.73. The Balaban J connectivity index is 2.03. The van der Waals surface area contributed by atoms with Gasteiger partial charge in [0.05, 0.1) is 20.3 Å². The highest BCUT2D eigenvalue weighted by Crippen LogP contribution is 2.30. The molecular weight excluding hydrogens is 368 g/mol. The summed E-state index contributed by atoms with van der Waals surface area (Å²) < 4.78 is 10.5. The molecule has 0 aliphatic carbocycles. The van der Waals surface area contributed by atoms with Gasteiger partial charge in [0.15, 0.2) is 0 Å². The lowest BCUT2D eigenvalue weighted by Crippen LogP contribution is -2.40. The van der Waals surface area contributed by atoms with Gasteiger partial charge < -0.3 is 25.2 Å². The molecule has 0 radical (unpaired) electrons. The Morgan fingerprint density at radius 2 is 1.76 bits per heavy atom. The molecule has 0 bridgehead atoms. The van der Waals surface area contributed by atoms with Crippen LogP contribution in [0.5, 0.6) is 11.5 Å². The summed E-state index contributed by atoms with van der Waals surface area (Å²) in [6.07, 6.45) is -0.139. The summed E-state index contributed by atoms with van der Waals surface area (Å²) in [5.74, 6) is 1.15. The lowest BCUT2D eigenvalue weighted by atomic mass is 9.85. The maximum Gasteiger partial charge on any atom is 0.315 e. The molecule has 2 amide bonds. The van der Waals surface area contributed by atoms with Gasteiger partial charge in [0.25, 0.3) is 0 Å². The predicted octanol–water partition coefficient (Wildman–Crippen LogP) is 4.21. The Morgan fingerprint density at radius 1 is 1.07 bits per heavy atom. The van der Waals surface area contributed by atoms with Crippen LogP contribution in [-0.4, -0.2) is 31.9 Å². The highest BCUT2D eigenvalue weighted by Gasteiger charge is 2.22. The van der Waals surface area contributed by atoms with E-state index in [2.05, 4.69) is 31.4 Å². The highest BCUT2D eigenvalue weighted by atomic mass is 16.5. The summed E-state index contributed by atoms with van der Waals surface area (Å²) in [5, 5.41) is 16.4. The van der Waals surface area contributed by atoms with Crippen LogP contribution in [0.15, 0.2) is 48.5 Å². The first-order chi connectivity index (χ1) is 13.7. The third-order valence-electron chi connectivity index (χ3n) is 4.58. The number of rotatable bonds is 8. The molecular formula is C23H32N2O4. The lowest BCUT2D eigenvalue weighted by Gasteiger charge is -2.27. The second kappa shape index (κ2) is 10.2. The van der Waals surface area contributed by atoms with Crippen molar-refractivity contribution in [3.63, 3.8) is 0 Å². The normalized spacial score (nSPS) is 13.3. The minimum absolute atomic E-state index is 0.0429. The summed E-state index contributed by atoms with van der Waals surface area (Å²) in [5.41, 5.74) is 1.65. The van der Waals surface area contributed by atoms with Crippen LogP contribution < -0.4 is 20.1 Å². The van der Waals surface area contributed by atoms with Gasteiger partial charge in [0.1, 0.15) is 17.6 Å². The van der Waals surface area contributed by atoms with Gasteiger partial charge in [-0.05, 0) is 35.6 Å². The molecule has 0 spiro atoms. The number of hydrogen-bond donors (Lipinski definition) is 3. The van der Waals surface area contributed by atoms with Crippen LogP contribution in [-0.2, 0) is 0 Å². The highest BCUT2D eigenvalue weighted by molar-refractivity contribution is 5.74. The van der Waals surface area contributed by atoms with Gasteiger partial charge in [0, 0.05) is 12.1 Å². The van der Waals surface area contributed by atoms with Crippen molar-refractivity contribution in [2.45, 2.75) is 39.3 Å². The van der Waals surface area contributed by atoms with Gasteiger partial charge >= 0.3 is 6.03 Å². The van der Waals surface area contributed by atoms with Crippen molar-refractivity contribution in [2.24, 2.45) is 5.41 Å². The zero-order chi connectivity index (χ0) is 21.4. The number of hydrogen-bond acceptors (Lipinski definition) is 4.